The zero-order valence-electron chi connectivity index (χ0n) is 28.7. The Bertz CT molecular complexity index is 1870. The summed E-state index contributed by atoms with van der Waals surface area (Å²) in [6, 6.07) is 32.1. The molecule has 7 rings (SSSR count). The number of nitrogens with zero attached hydrogens (tertiary/aromatic N) is 3. The van der Waals surface area contributed by atoms with Crippen LogP contribution in [0.3, 0.4) is 0 Å². The Morgan fingerprint density at radius 3 is 2.26 bits per heavy atom. The highest BCUT2D eigenvalue weighted by Crippen LogP contribution is 2.42. The topological polar surface area (TPSA) is 96.8 Å². The van der Waals surface area contributed by atoms with Gasteiger partial charge in [0.2, 0.25) is 0 Å². The van der Waals surface area contributed by atoms with Crippen molar-refractivity contribution in [3.05, 3.63) is 131 Å². The first-order valence-electron chi connectivity index (χ1n) is 18.0. The van der Waals surface area contributed by atoms with E-state index in [1.807, 2.05) is 54.6 Å². The maximum atomic E-state index is 13.0. The van der Waals surface area contributed by atoms with Crippen molar-refractivity contribution in [1.82, 2.24) is 20.2 Å². The number of aromatic nitrogens is 2. The van der Waals surface area contributed by atoms with Crippen LogP contribution in [0.2, 0.25) is 0 Å². The van der Waals surface area contributed by atoms with Crippen molar-refractivity contribution in [2.45, 2.75) is 70.7 Å². The van der Waals surface area contributed by atoms with Gasteiger partial charge in [-0.1, -0.05) is 111 Å². The minimum Gasteiger partial charge on any atom is -0.392 e. The number of rotatable bonds is 9. The molecule has 0 radical (unpaired) electrons. The fourth-order valence-electron chi connectivity index (χ4n) is 7.19. The molecule has 258 valence electrons. The van der Waals surface area contributed by atoms with Crippen LogP contribution in [0.4, 0.5) is 0 Å². The van der Waals surface area contributed by atoms with E-state index in [4.69, 9.17) is 9.47 Å². The van der Waals surface area contributed by atoms with Crippen molar-refractivity contribution >= 4 is 16.9 Å². The van der Waals surface area contributed by atoms with Crippen LogP contribution in [0.25, 0.3) is 22.2 Å². The van der Waals surface area contributed by atoms with Gasteiger partial charge in [-0.05, 0) is 65.9 Å². The zero-order chi connectivity index (χ0) is 34.3. The highest BCUT2D eigenvalue weighted by Gasteiger charge is 2.39. The third kappa shape index (κ3) is 7.95. The first-order chi connectivity index (χ1) is 24.6. The second-order valence-corrected chi connectivity index (χ2v) is 13.6. The second kappa shape index (κ2) is 16.0. The van der Waals surface area contributed by atoms with Crippen LogP contribution in [0, 0.1) is 5.92 Å². The number of para-hydroxylation sites is 2. The Kier molecular flexibility index (Phi) is 10.9. The number of benzene rings is 4. The Morgan fingerprint density at radius 1 is 0.820 bits per heavy atom. The molecule has 1 amide bonds. The lowest BCUT2D eigenvalue weighted by Crippen LogP contribution is -2.45. The van der Waals surface area contributed by atoms with Gasteiger partial charge in [0.25, 0.3) is 5.91 Å². The molecule has 2 saturated heterocycles. The number of hydrogen-bond acceptors (Lipinski definition) is 7. The van der Waals surface area contributed by atoms with E-state index in [1.165, 1.54) is 38.3 Å². The number of carbonyl (C=O) groups excluding carboxylic acids is 1. The van der Waals surface area contributed by atoms with E-state index in [9.17, 15) is 9.90 Å². The quantitative estimate of drug-likeness (QED) is 0.165. The standard InChI is InChI=1S/C42H46N4O4/c1-29-39(27-46-23-9-3-2-4-10-24-46)49-42(50-40(29)32-17-15-30(28-47)16-18-32)33-21-19-31(20-22-33)35-12-6-5-11-34(35)25-44-41(48)38-26-43-36-13-7-8-14-37(36)45-38/h5-8,11-22,26,29,39-40,42,47H,2-4,9-10,23-25,27-28H2,1H3,(H,44,48)/t29-,39+,40+,42+/m1/s1. The van der Waals surface area contributed by atoms with Crippen molar-refractivity contribution in [2.75, 3.05) is 19.6 Å². The molecule has 3 heterocycles. The maximum absolute atomic E-state index is 13.0. The summed E-state index contributed by atoms with van der Waals surface area (Å²) < 4.78 is 13.5. The van der Waals surface area contributed by atoms with E-state index in [2.05, 4.69) is 69.6 Å². The Labute approximate surface area is 294 Å². The molecule has 4 aromatic carbocycles. The molecule has 2 aliphatic heterocycles. The average Bonchev–Trinajstić information content (AvgIpc) is 3.15. The normalized spacial score (nSPS) is 21.7. The van der Waals surface area contributed by atoms with E-state index in [0.29, 0.717) is 17.8 Å². The van der Waals surface area contributed by atoms with Gasteiger partial charge in [-0.15, -0.1) is 0 Å². The highest BCUT2D eigenvalue weighted by molar-refractivity contribution is 5.93. The van der Waals surface area contributed by atoms with Crippen molar-refractivity contribution in [1.29, 1.82) is 0 Å². The smallest absolute Gasteiger partial charge is 0.271 e. The molecular weight excluding hydrogens is 624 g/mol. The number of likely N-dealkylation sites (tertiary alicyclic amines) is 1. The largest absolute Gasteiger partial charge is 0.392 e. The highest BCUT2D eigenvalue weighted by atomic mass is 16.7. The minimum absolute atomic E-state index is 0.00648. The molecule has 2 fully saturated rings. The third-order valence-electron chi connectivity index (χ3n) is 10.1. The lowest BCUT2D eigenvalue weighted by atomic mass is 9.89. The number of ether oxygens (including phenoxy) is 2. The van der Waals surface area contributed by atoms with Crippen molar-refractivity contribution in [3.8, 4) is 11.1 Å². The van der Waals surface area contributed by atoms with Gasteiger partial charge in [0.1, 0.15) is 5.69 Å². The molecule has 0 spiro atoms. The molecule has 8 nitrogen and oxygen atoms in total. The van der Waals surface area contributed by atoms with E-state index < -0.39 is 6.29 Å². The van der Waals surface area contributed by atoms with Gasteiger partial charge in [-0.25, -0.2) is 4.98 Å². The summed E-state index contributed by atoms with van der Waals surface area (Å²) in [6.07, 6.45) is 7.27. The predicted molar refractivity (Wildman–Crippen MR) is 195 cm³/mol. The van der Waals surface area contributed by atoms with Crippen LogP contribution in [0.5, 0.6) is 0 Å². The number of nitrogens with one attached hydrogen (secondary N) is 1. The van der Waals surface area contributed by atoms with Gasteiger partial charge < -0.3 is 24.8 Å². The molecule has 0 unspecified atom stereocenters. The van der Waals surface area contributed by atoms with Crippen molar-refractivity contribution in [2.24, 2.45) is 5.92 Å². The van der Waals surface area contributed by atoms with Crippen LogP contribution in [0.15, 0.2) is 103 Å². The van der Waals surface area contributed by atoms with E-state index in [-0.39, 0.29) is 30.6 Å². The summed E-state index contributed by atoms with van der Waals surface area (Å²) in [5, 5.41) is 12.7. The molecule has 0 saturated carbocycles. The van der Waals surface area contributed by atoms with Crippen LogP contribution in [-0.2, 0) is 22.6 Å². The first kappa shape index (κ1) is 34.0. The number of aliphatic hydroxyl groups is 1. The Balaban J connectivity index is 1.08. The number of fused-ring (bicyclic) bond motifs is 1. The van der Waals surface area contributed by atoms with E-state index in [0.717, 1.165) is 58.5 Å². The number of hydrogen-bond donors (Lipinski definition) is 2. The number of aliphatic hydroxyl groups excluding tert-OH is 1. The molecule has 4 atom stereocenters. The molecular formula is C42H46N4O4. The summed E-state index contributed by atoms with van der Waals surface area (Å²) in [7, 11) is 0. The van der Waals surface area contributed by atoms with E-state index >= 15 is 0 Å². The lowest BCUT2D eigenvalue weighted by Gasteiger charge is -2.43. The molecule has 1 aromatic heterocycles. The second-order valence-electron chi connectivity index (χ2n) is 13.6. The van der Waals surface area contributed by atoms with Gasteiger partial charge >= 0.3 is 0 Å². The van der Waals surface area contributed by atoms with Crippen LogP contribution in [0.1, 0.15) is 84.2 Å². The van der Waals surface area contributed by atoms with Crippen molar-refractivity contribution in [3.63, 3.8) is 0 Å². The molecule has 0 aliphatic carbocycles. The minimum atomic E-state index is -0.514. The molecule has 0 bridgehead atoms. The fraction of sp³-hybridized carbons (Fsp3) is 0.357. The monoisotopic (exact) mass is 670 g/mol. The Morgan fingerprint density at radius 2 is 1.50 bits per heavy atom. The molecule has 5 aromatic rings. The SMILES string of the molecule is C[C@@H]1[C@H](CN2CCCCCCC2)O[C@H](c2ccc(-c3ccccc3CNC(=O)c3cnc4ccccc4n3)cc2)O[C@@H]1c1ccc(CO)cc1. The van der Waals surface area contributed by atoms with E-state index in [1.54, 1.807) is 0 Å². The summed E-state index contributed by atoms with van der Waals surface area (Å²) >= 11 is 0. The van der Waals surface area contributed by atoms with Crippen LogP contribution >= 0.6 is 0 Å². The molecule has 2 N–H and O–H groups in total. The Hall–Kier alpha value is -4.47. The molecule has 50 heavy (non-hydrogen) atoms. The summed E-state index contributed by atoms with van der Waals surface area (Å²) in [4.78, 5) is 24.5. The fourth-order valence-corrected chi connectivity index (χ4v) is 7.19. The van der Waals surface area contributed by atoms with Gasteiger partial charge in [0, 0.05) is 24.6 Å². The average molecular weight is 671 g/mol. The predicted octanol–water partition coefficient (Wildman–Crippen LogP) is 7.78. The summed E-state index contributed by atoms with van der Waals surface area (Å²) in [5.41, 5.74) is 7.78. The first-order valence-corrected chi connectivity index (χ1v) is 18.0. The van der Waals surface area contributed by atoms with Crippen molar-refractivity contribution < 1.29 is 19.4 Å². The molecule has 2 aliphatic rings. The zero-order valence-corrected chi connectivity index (χ0v) is 28.7. The number of carbonyl (C=O) groups is 1. The lowest BCUT2D eigenvalue weighted by molar-refractivity contribution is -0.276. The number of amides is 1. The van der Waals surface area contributed by atoms with Gasteiger partial charge in [0.15, 0.2) is 6.29 Å². The van der Waals surface area contributed by atoms with Gasteiger partial charge in [-0.3, -0.25) is 9.78 Å². The van der Waals surface area contributed by atoms with Gasteiger partial charge in [0.05, 0.1) is 36.0 Å². The third-order valence-corrected chi connectivity index (χ3v) is 10.1. The van der Waals surface area contributed by atoms with Gasteiger partial charge in [-0.2, -0.15) is 0 Å². The summed E-state index contributed by atoms with van der Waals surface area (Å²) in [5.74, 6) is -0.112. The molecule has 8 heteroatoms. The van der Waals surface area contributed by atoms with Crippen LogP contribution in [-0.4, -0.2) is 51.6 Å². The maximum Gasteiger partial charge on any atom is 0.271 e. The van der Waals surface area contributed by atoms with Crippen LogP contribution < -0.4 is 5.32 Å². The summed E-state index contributed by atoms with van der Waals surface area (Å²) in [6.45, 7) is 5.71.